The third-order valence-corrected chi connectivity index (χ3v) is 7.40. The molecular weight excluding hydrogens is 462 g/mol. The van der Waals surface area contributed by atoms with E-state index in [1.165, 1.54) is 11.3 Å². The summed E-state index contributed by atoms with van der Waals surface area (Å²) in [5, 5.41) is 0. The second-order valence-corrected chi connectivity index (χ2v) is 9.81. The maximum Gasteiger partial charge on any atom is 0.310 e. The fraction of sp³-hybridized carbons (Fsp3) is 0.407. The third kappa shape index (κ3) is 5.37. The molecule has 0 aliphatic carbocycles. The first-order valence-electron chi connectivity index (χ1n) is 12.1. The van der Waals surface area contributed by atoms with Crippen LogP contribution < -0.4 is 4.80 Å². The lowest BCUT2D eigenvalue weighted by Gasteiger charge is -2.34. The number of piperidine rings is 1. The number of carbonyl (C=O) groups is 3. The predicted molar refractivity (Wildman–Crippen MR) is 136 cm³/mol. The Morgan fingerprint density at radius 3 is 2.57 bits per heavy atom. The molecule has 0 N–H and O–H groups in total. The normalized spacial score (nSPS) is 17.4. The summed E-state index contributed by atoms with van der Waals surface area (Å²) in [6.07, 6.45) is 2.01. The first-order chi connectivity index (χ1) is 16.9. The van der Waals surface area contributed by atoms with Gasteiger partial charge in [0.05, 0.1) is 22.7 Å². The third-order valence-electron chi connectivity index (χ3n) is 6.36. The number of aromatic nitrogens is 1. The van der Waals surface area contributed by atoms with E-state index in [0.29, 0.717) is 36.5 Å². The molecular formula is C27H31N3O4S. The quantitative estimate of drug-likeness (QED) is 0.474. The second-order valence-electron chi connectivity index (χ2n) is 8.80. The molecule has 184 valence electrons. The number of thiazole rings is 1. The topological polar surface area (TPSA) is 81.0 Å². The molecule has 2 heterocycles. The molecule has 1 aliphatic rings. The average molecular weight is 494 g/mol. The Labute approximate surface area is 209 Å². The van der Waals surface area contributed by atoms with Crippen molar-refractivity contribution in [1.82, 2.24) is 9.47 Å². The molecule has 0 radical (unpaired) electrons. The van der Waals surface area contributed by atoms with Gasteiger partial charge in [-0.25, -0.2) is 0 Å². The highest BCUT2D eigenvalue weighted by atomic mass is 32.1. The molecule has 1 saturated heterocycles. The van der Waals surface area contributed by atoms with Crippen LogP contribution in [0.15, 0.2) is 53.5 Å². The zero-order valence-corrected chi connectivity index (χ0v) is 21.2. The van der Waals surface area contributed by atoms with E-state index in [9.17, 15) is 14.4 Å². The van der Waals surface area contributed by atoms with Crippen LogP contribution in [-0.4, -0.2) is 46.9 Å². The maximum atomic E-state index is 13.8. The Hall–Kier alpha value is -3.26. The molecule has 0 bridgehead atoms. The Morgan fingerprint density at radius 1 is 1.11 bits per heavy atom. The van der Waals surface area contributed by atoms with Crippen molar-refractivity contribution in [2.24, 2.45) is 10.9 Å². The first kappa shape index (κ1) is 24.9. The van der Waals surface area contributed by atoms with Crippen molar-refractivity contribution < 1.29 is 19.1 Å². The SMILES string of the molecule is CCOC(=O)C1CCCN(C(=O)C(CC)n2c(=NC(=O)c3ccc(C)cc3)sc3ccccc32)C1. The van der Waals surface area contributed by atoms with Crippen LogP contribution >= 0.6 is 11.3 Å². The number of aryl methyl sites for hydroxylation is 1. The van der Waals surface area contributed by atoms with Gasteiger partial charge in [0.15, 0.2) is 4.80 Å². The van der Waals surface area contributed by atoms with Crippen LogP contribution in [0.25, 0.3) is 10.2 Å². The zero-order chi connectivity index (χ0) is 24.9. The van der Waals surface area contributed by atoms with Gasteiger partial charge in [-0.2, -0.15) is 4.99 Å². The van der Waals surface area contributed by atoms with E-state index in [2.05, 4.69) is 4.99 Å². The molecule has 2 aromatic carbocycles. The number of ether oxygens (including phenoxy) is 1. The molecule has 35 heavy (non-hydrogen) atoms. The van der Waals surface area contributed by atoms with Gasteiger partial charge in [0, 0.05) is 18.7 Å². The maximum absolute atomic E-state index is 13.8. The van der Waals surface area contributed by atoms with Crippen molar-refractivity contribution in [1.29, 1.82) is 0 Å². The highest BCUT2D eigenvalue weighted by Gasteiger charge is 2.33. The lowest BCUT2D eigenvalue weighted by molar-refractivity contribution is -0.151. The summed E-state index contributed by atoms with van der Waals surface area (Å²) < 4.78 is 8.05. The lowest BCUT2D eigenvalue weighted by atomic mass is 9.97. The molecule has 1 aliphatic heterocycles. The summed E-state index contributed by atoms with van der Waals surface area (Å²) in [5.41, 5.74) is 2.44. The number of esters is 1. The van der Waals surface area contributed by atoms with Gasteiger partial charge in [-0.3, -0.25) is 14.4 Å². The van der Waals surface area contributed by atoms with Gasteiger partial charge < -0.3 is 14.2 Å². The van der Waals surface area contributed by atoms with Crippen molar-refractivity contribution in [2.75, 3.05) is 19.7 Å². The predicted octanol–water partition coefficient (Wildman–Crippen LogP) is 4.51. The number of nitrogens with zero attached hydrogens (tertiary/aromatic N) is 3. The number of para-hydroxylation sites is 1. The van der Waals surface area contributed by atoms with E-state index in [1.807, 2.05) is 54.8 Å². The molecule has 4 rings (SSSR count). The van der Waals surface area contributed by atoms with Gasteiger partial charge in [0.2, 0.25) is 5.91 Å². The van der Waals surface area contributed by atoms with E-state index in [1.54, 1.807) is 24.0 Å². The molecule has 1 aromatic heterocycles. The molecule has 7 nitrogen and oxygen atoms in total. The van der Waals surface area contributed by atoms with Gasteiger partial charge in [0.25, 0.3) is 5.91 Å². The highest BCUT2D eigenvalue weighted by Crippen LogP contribution is 2.26. The molecule has 0 spiro atoms. The summed E-state index contributed by atoms with van der Waals surface area (Å²) in [5.74, 6) is -0.949. The van der Waals surface area contributed by atoms with Crippen LogP contribution in [0.1, 0.15) is 55.1 Å². The fourth-order valence-corrected chi connectivity index (χ4v) is 5.59. The summed E-state index contributed by atoms with van der Waals surface area (Å²) in [6.45, 7) is 7.00. The van der Waals surface area contributed by atoms with Crippen LogP contribution in [0.2, 0.25) is 0 Å². The fourth-order valence-electron chi connectivity index (χ4n) is 4.53. The van der Waals surface area contributed by atoms with Crippen molar-refractivity contribution in [3.63, 3.8) is 0 Å². The van der Waals surface area contributed by atoms with E-state index in [4.69, 9.17) is 4.74 Å². The number of rotatable bonds is 6. The van der Waals surface area contributed by atoms with Crippen molar-refractivity contribution in [3.8, 4) is 0 Å². The molecule has 8 heteroatoms. The summed E-state index contributed by atoms with van der Waals surface area (Å²) >= 11 is 1.40. The van der Waals surface area contributed by atoms with Crippen LogP contribution in [0, 0.1) is 12.8 Å². The summed E-state index contributed by atoms with van der Waals surface area (Å²) in [7, 11) is 0. The van der Waals surface area contributed by atoms with Gasteiger partial charge in [-0.15, -0.1) is 0 Å². The van der Waals surface area contributed by atoms with Crippen molar-refractivity contribution in [3.05, 3.63) is 64.5 Å². The Kier molecular flexibility index (Phi) is 7.80. The molecule has 1 fully saturated rings. The standard InChI is InChI=1S/C27H31N3O4S/c1-4-21(25(32)29-16-8-9-20(17-29)26(33)34-5-2)30-22-10-6-7-11-23(22)35-27(30)28-24(31)19-14-12-18(3)13-15-19/h6-7,10-15,20-21H,4-5,8-9,16-17H2,1-3H3. The Bertz CT molecular complexity index is 1290. The number of fused-ring (bicyclic) bond motifs is 1. The minimum atomic E-state index is -0.531. The van der Waals surface area contributed by atoms with Gasteiger partial charge in [-0.1, -0.05) is 48.1 Å². The van der Waals surface area contributed by atoms with Crippen LogP contribution in [-0.2, 0) is 14.3 Å². The highest BCUT2D eigenvalue weighted by molar-refractivity contribution is 7.16. The minimum Gasteiger partial charge on any atom is -0.466 e. The second kappa shape index (κ2) is 11.0. The lowest BCUT2D eigenvalue weighted by Crippen LogP contribution is -2.46. The number of hydrogen-bond donors (Lipinski definition) is 0. The number of amides is 2. The monoisotopic (exact) mass is 493 g/mol. The molecule has 2 amide bonds. The smallest absolute Gasteiger partial charge is 0.310 e. The van der Waals surface area contributed by atoms with E-state index in [0.717, 1.165) is 28.6 Å². The summed E-state index contributed by atoms with van der Waals surface area (Å²) in [4.78, 5) is 45.8. The van der Waals surface area contributed by atoms with Crippen LogP contribution in [0.3, 0.4) is 0 Å². The summed E-state index contributed by atoms with van der Waals surface area (Å²) in [6, 6.07) is 14.6. The molecule has 2 atom stereocenters. The average Bonchev–Trinajstić information content (AvgIpc) is 3.22. The van der Waals surface area contributed by atoms with E-state index >= 15 is 0 Å². The Balaban J connectivity index is 1.71. The molecule has 2 unspecified atom stereocenters. The molecule has 0 saturated carbocycles. The number of carbonyl (C=O) groups excluding carboxylic acids is 3. The largest absolute Gasteiger partial charge is 0.466 e. The van der Waals surface area contributed by atoms with Gasteiger partial charge in [-0.05, 0) is 57.4 Å². The van der Waals surface area contributed by atoms with E-state index < -0.39 is 6.04 Å². The first-order valence-corrected chi connectivity index (χ1v) is 13.0. The van der Waals surface area contributed by atoms with Crippen LogP contribution in [0.4, 0.5) is 0 Å². The zero-order valence-electron chi connectivity index (χ0n) is 20.4. The molecule has 3 aromatic rings. The Morgan fingerprint density at radius 2 is 1.86 bits per heavy atom. The van der Waals surface area contributed by atoms with Gasteiger partial charge in [0.1, 0.15) is 6.04 Å². The number of hydrogen-bond acceptors (Lipinski definition) is 5. The minimum absolute atomic E-state index is 0.0608. The van der Waals surface area contributed by atoms with Crippen LogP contribution in [0.5, 0.6) is 0 Å². The van der Waals surface area contributed by atoms with E-state index in [-0.39, 0.29) is 23.7 Å². The van der Waals surface area contributed by atoms with Crippen molar-refractivity contribution >= 4 is 39.3 Å². The number of benzene rings is 2. The van der Waals surface area contributed by atoms with Gasteiger partial charge >= 0.3 is 5.97 Å². The van der Waals surface area contributed by atoms with Crippen molar-refractivity contribution in [2.45, 2.75) is 46.1 Å². The number of likely N-dealkylation sites (tertiary alicyclic amines) is 1.